The summed E-state index contributed by atoms with van der Waals surface area (Å²) in [6, 6.07) is 24.7. The van der Waals surface area contributed by atoms with Gasteiger partial charge in [0.25, 0.3) is 5.91 Å². The van der Waals surface area contributed by atoms with Gasteiger partial charge >= 0.3 is 0 Å². The van der Waals surface area contributed by atoms with E-state index in [4.69, 9.17) is 4.74 Å². The first-order valence-corrected chi connectivity index (χ1v) is 11.9. The second-order valence-corrected chi connectivity index (χ2v) is 8.85. The van der Waals surface area contributed by atoms with Gasteiger partial charge in [-0.1, -0.05) is 55.5 Å². The van der Waals surface area contributed by atoms with Gasteiger partial charge in [0.05, 0.1) is 0 Å². The zero-order chi connectivity index (χ0) is 23.8. The van der Waals surface area contributed by atoms with Gasteiger partial charge in [-0.15, -0.1) is 0 Å². The van der Waals surface area contributed by atoms with Crippen molar-refractivity contribution < 1.29 is 9.53 Å². The number of carbonyl (C=O) groups is 1. The van der Waals surface area contributed by atoms with Gasteiger partial charge in [0, 0.05) is 35.9 Å². The van der Waals surface area contributed by atoms with Crippen LogP contribution in [-0.4, -0.2) is 36.0 Å². The van der Waals surface area contributed by atoms with Gasteiger partial charge in [-0.3, -0.25) is 9.69 Å². The third-order valence-corrected chi connectivity index (χ3v) is 5.89. The van der Waals surface area contributed by atoms with Gasteiger partial charge in [-0.05, 0) is 69.0 Å². The summed E-state index contributed by atoms with van der Waals surface area (Å²) < 4.78 is 6.16. The minimum atomic E-state index is -0.129. The summed E-state index contributed by atoms with van der Waals surface area (Å²) in [5.74, 6) is 0.706. The molecule has 0 fully saturated rings. The molecular weight excluding hydrogens is 408 g/mol. The normalized spacial score (nSPS) is 11.3. The Kier molecular flexibility index (Phi) is 8.67. The summed E-state index contributed by atoms with van der Waals surface area (Å²) in [6.45, 7) is 12.4. The molecule has 1 amide bonds. The van der Waals surface area contributed by atoms with Crippen LogP contribution < -0.4 is 10.1 Å². The standard InChI is InChI=1S/C29H36N2O2/c1-6-23-16-17-27(20-28(23)33-19-18-31(21(2)3)22(4)5)30-29(32)26-14-12-25(13-15-26)24-10-8-7-9-11-24/h7-17,20-22H,6,18-19H2,1-5H3,(H,30,32). The first-order valence-electron chi connectivity index (χ1n) is 11.9. The van der Waals surface area contributed by atoms with Gasteiger partial charge in [-0.25, -0.2) is 0 Å². The number of anilines is 1. The van der Waals surface area contributed by atoms with Crippen LogP contribution in [0.3, 0.4) is 0 Å². The molecule has 0 aliphatic carbocycles. The maximum Gasteiger partial charge on any atom is 0.255 e. The number of nitrogens with one attached hydrogen (secondary N) is 1. The van der Waals surface area contributed by atoms with E-state index in [0.717, 1.165) is 41.1 Å². The Morgan fingerprint density at radius 2 is 1.52 bits per heavy atom. The molecule has 0 radical (unpaired) electrons. The molecule has 0 bridgehead atoms. The van der Waals surface area contributed by atoms with Crippen LogP contribution in [0.4, 0.5) is 5.69 Å². The van der Waals surface area contributed by atoms with Crippen molar-refractivity contribution >= 4 is 11.6 Å². The van der Waals surface area contributed by atoms with Crippen LogP contribution >= 0.6 is 0 Å². The van der Waals surface area contributed by atoms with Gasteiger partial charge < -0.3 is 10.1 Å². The maximum atomic E-state index is 12.8. The fourth-order valence-corrected chi connectivity index (χ4v) is 4.08. The van der Waals surface area contributed by atoms with Gasteiger partial charge in [0.1, 0.15) is 12.4 Å². The lowest BCUT2D eigenvalue weighted by molar-refractivity contribution is 0.102. The fraction of sp³-hybridized carbons (Fsp3) is 0.345. The molecule has 0 atom stereocenters. The SMILES string of the molecule is CCc1ccc(NC(=O)c2ccc(-c3ccccc3)cc2)cc1OCCN(C(C)C)C(C)C. The zero-order valence-electron chi connectivity index (χ0n) is 20.5. The Bertz CT molecular complexity index is 1020. The lowest BCUT2D eigenvalue weighted by Gasteiger charge is -2.30. The second kappa shape index (κ2) is 11.7. The molecular formula is C29H36N2O2. The molecule has 0 unspecified atom stereocenters. The van der Waals surface area contributed by atoms with Crippen LogP contribution in [0, 0.1) is 0 Å². The molecule has 0 aliphatic heterocycles. The molecule has 4 heteroatoms. The molecule has 0 saturated heterocycles. The summed E-state index contributed by atoms with van der Waals surface area (Å²) in [6.07, 6.45) is 0.878. The predicted octanol–water partition coefficient (Wildman–Crippen LogP) is 6.67. The highest BCUT2D eigenvalue weighted by atomic mass is 16.5. The van der Waals surface area contributed by atoms with E-state index in [1.54, 1.807) is 0 Å². The van der Waals surface area contributed by atoms with Crippen molar-refractivity contribution in [2.24, 2.45) is 0 Å². The highest BCUT2D eigenvalue weighted by Crippen LogP contribution is 2.25. The maximum absolute atomic E-state index is 12.8. The summed E-state index contributed by atoms with van der Waals surface area (Å²) in [5.41, 5.74) is 4.73. The van der Waals surface area contributed by atoms with Gasteiger partial charge in [-0.2, -0.15) is 0 Å². The highest BCUT2D eigenvalue weighted by molar-refractivity contribution is 6.04. The van der Waals surface area contributed by atoms with Crippen LogP contribution in [-0.2, 0) is 6.42 Å². The molecule has 0 aromatic heterocycles. The number of aryl methyl sites for hydroxylation is 1. The highest BCUT2D eigenvalue weighted by Gasteiger charge is 2.14. The first-order chi connectivity index (χ1) is 15.9. The average molecular weight is 445 g/mol. The minimum Gasteiger partial charge on any atom is -0.492 e. The number of nitrogens with zero attached hydrogens (tertiary/aromatic N) is 1. The number of benzene rings is 3. The average Bonchev–Trinajstić information content (AvgIpc) is 2.82. The monoisotopic (exact) mass is 444 g/mol. The van der Waals surface area contributed by atoms with E-state index in [1.165, 1.54) is 0 Å². The lowest BCUT2D eigenvalue weighted by Crippen LogP contribution is -2.39. The number of carbonyl (C=O) groups excluding carboxylic acids is 1. The molecule has 33 heavy (non-hydrogen) atoms. The van der Waals surface area contributed by atoms with E-state index in [9.17, 15) is 4.79 Å². The molecule has 0 aliphatic rings. The van der Waals surface area contributed by atoms with Crippen molar-refractivity contribution in [3.63, 3.8) is 0 Å². The van der Waals surface area contributed by atoms with Crippen LogP contribution in [0.1, 0.15) is 50.5 Å². The summed E-state index contributed by atoms with van der Waals surface area (Å²) in [5, 5.41) is 3.02. The molecule has 0 spiro atoms. The van der Waals surface area contributed by atoms with E-state index >= 15 is 0 Å². The minimum absolute atomic E-state index is 0.129. The van der Waals surface area contributed by atoms with Crippen molar-refractivity contribution in [1.29, 1.82) is 0 Å². The number of rotatable bonds is 10. The Balaban J connectivity index is 1.66. The molecule has 1 N–H and O–H groups in total. The van der Waals surface area contributed by atoms with E-state index < -0.39 is 0 Å². The van der Waals surface area contributed by atoms with Crippen molar-refractivity contribution in [1.82, 2.24) is 4.90 Å². The molecule has 0 saturated carbocycles. The number of amides is 1. The van der Waals surface area contributed by atoms with Crippen LogP contribution in [0.5, 0.6) is 5.75 Å². The summed E-state index contributed by atoms with van der Waals surface area (Å²) >= 11 is 0. The van der Waals surface area contributed by atoms with E-state index in [-0.39, 0.29) is 5.91 Å². The molecule has 4 nitrogen and oxygen atoms in total. The smallest absolute Gasteiger partial charge is 0.255 e. The van der Waals surface area contributed by atoms with Crippen molar-refractivity contribution in [3.8, 4) is 16.9 Å². The van der Waals surface area contributed by atoms with Crippen LogP contribution in [0.15, 0.2) is 72.8 Å². The third kappa shape index (κ3) is 6.69. The van der Waals surface area contributed by atoms with Gasteiger partial charge in [0.15, 0.2) is 0 Å². The van der Waals surface area contributed by atoms with Crippen LogP contribution in [0.2, 0.25) is 0 Å². The second-order valence-electron chi connectivity index (χ2n) is 8.85. The van der Waals surface area contributed by atoms with E-state index in [0.29, 0.717) is 24.3 Å². The third-order valence-electron chi connectivity index (χ3n) is 5.89. The fourth-order valence-electron chi connectivity index (χ4n) is 4.08. The number of hydrogen-bond acceptors (Lipinski definition) is 3. The number of hydrogen-bond donors (Lipinski definition) is 1. The molecule has 3 rings (SSSR count). The van der Waals surface area contributed by atoms with Crippen molar-refractivity contribution in [2.75, 3.05) is 18.5 Å². The predicted molar refractivity (Wildman–Crippen MR) is 138 cm³/mol. The van der Waals surface area contributed by atoms with E-state index in [2.05, 4.69) is 57.0 Å². The van der Waals surface area contributed by atoms with Crippen LogP contribution in [0.25, 0.3) is 11.1 Å². The molecule has 174 valence electrons. The largest absolute Gasteiger partial charge is 0.492 e. The Labute approximate surface area is 198 Å². The van der Waals surface area contributed by atoms with Crippen molar-refractivity contribution in [3.05, 3.63) is 83.9 Å². The lowest BCUT2D eigenvalue weighted by atomic mass is 10.0. The zero-order valence-corrected chi connectivity index (χ0v) is 20.5. The van der Waals surface area contributed by atoms with E-state index in [1.807, 2.05) is 60.7 Å². The number of ether oxygens (including phenoxy) is 1. The Hall–Kier alpha value is -3.11. The topological polar surface area (TPSA) is 41.6 Å². The Morgan fingerprint density at radius 1 is 0.879 bits per heavy atom. The molecule has 3 aromatic rings. The molecule has 0 heterocycles. The first kappa shape index (κ1) is 24.5. The quantitative estimate of drug-likeness (QED) is 0.380. The molecule has 3 aromatic carbocycles. The summed E-state index contributed by atoms with van der Waals surface area (Å²) in [4.78, 5) is 15.2. The van der Waals surface area contributed by atoms with Crippen molar-refractivity contribution in [2.45, 2.75) is 53.1 Å². The Morgan fingerprint density at radius 3 is 2.12 bits per heavy atom. The summed E-state index contributed by atoms with van der Waals surface area (Å²) in [7, 11) is 0. The van der Waals surface area contributed by atoms with Gasteiger partial charge in [0.2, 0.25) is 0 Å².